The van der Waals surface area contributed by atoms with Gasteiger partial charge in [-0.15, -0.1) is 0 Å². The zero-order chi connectivity index (χ0) is 10.1. The summed E-state index contributed by atoms with van der Waals surface area (Å²) in [6, 6.07) is 0. The average molecular weight is 257 g/mol. The minimum atomic E-state index is -0.753. The maximum Gasteiger partial charge on any atom is 0.310 e. The van der Waals surface area contributed by atoms with Crippen molar-refractivity contribution in [1.82, 2.24) is 19.5 Å². The molecule has 4 nitrogen and oxygen atoms in total. The number of aromatic nitrogens is 4. The van der Waals surface area contributed by atoms with E-state index in [9.17, 15) is 4.39 Å². The summed E-state index contributed by atoms with van der Waals surface area (Å²) in [5.74, 6) is 1.19. The molecular formula is C8H6BrFN4. The summed E-state index contributed by atoms with van der Waals surface area (Å²) in [5.41, 5.74) is 0. The van der Waals surface area contributed by atoms with Crippen molar-refractivity contribution in [2.75, 3.05) is 0 Å². The van der Waals surface area contributed by atoms with E-state index in [4.69, 9.17) is 0 Å². The lowest BCUT2D eigenvalue weighted by atomic mass is 10.5. The number of hydrogen-bond acceptors (Lipinski definition) is 3. The Morgan fingerprint density at radius 2 is 2.21 bits per heavy atom. The van der Waals surface area contributed by atoms with Crippen molar-refractivity contribution >= 4 is 15.9 Å². The molecule has 0 radical (unpaired) electrons. The van der Waals surface area contributed by atoms with E-state index in [-0.39, 0.29) is 0 Å². The first-order valence-corrected chi connectivity index (χ1v) is 4.66. The Morgan fingerprint density at radius 1 is 1.43 bits per heavy atom. The number of hydrogen-bond donors (Lipinski definition) is 0. The van der Waals surface area contributed by atoms with Gasteiger partial charge in [-0.05, 0) is 22.9 Å². The van der Waals surface area contributed by atoms with Gasteiger partial charge in [-0.1, -0.05) is 0 Å². The van der Waals surface area contributed by atoms with Gasteiger partial charge in [-0.25, -0.2) is 9.97 Å². The van der Waals surface area contributed by atoms with Crippen molar-refractivity contribution < 1.29 is 4.39 Å². The summed E-state index contributed by atoms with van der Waals surface area (Å²) in [5, 5.41) is 0. The maximum absolute atomic E-state index is 12.8. The van der Waals surface area contributed by atoms with Gasteiger partial charge in [-0.2, -0.15) is 9.37 Å². The molecule has 0 aromatic carbocycles. The predicted molar refractivity (Wildman–Crippen MR) is 51.5 cm³/mol. The van der Waals surface area contributed by atoms with Crippen LogP contribution in [0, 0.1) is 13.0 Å². The Bertz CT molecular complexity index is 468. The zero-order valence-corrected chi connectivity index (χ0v) is 8.86. The van der Waals surface area contributed by atoms with Crippen molar-refractivity contribution in [3.8, 4) is 5.82 Å². The lowest BCUT2D eigenvalue weighted by Gasteiger charge is -2.04. The van der Waals surface area contributed by atoms with Crippen LogP contribution in [0.1, 0.15) is 5.82 Å². The van der Waals surface area contributed by atoms with Crippen LogP contribution in [0.15, 0.2) is 23.1 Å². The van der Waals surface area contributed by atoms with Crippen molar-refractivity contribution in [2.24, 2.45) is 0 Å². The Morgan fingerprint density at radius 3 is 2.86 bits per heavy atom. The molecule has 0 saturated heterocycles. The van der Waals surface area contributed by atoms with Gasteiger partial charge in [0.2, 0.25) is 0 Å². The number of nitrogens with zero attached hydrogens (tertiary/aromatic N) is 4. The summed E-state index contributed by atoms with van der Waals surface area (Å²) in [6.45, 7) is 1.81. The normalized spacial score (nSPS) is 10.5. The van der Waals surface area contributed by atoms with Crippen molar-refractivity contribution in [3.05, 3.63) is 35.0 Å². The number of aryl methyl sites for hydroxylation is 1. The number of rotatable bonds is 1. The standard InChI is InChI=1S/C8H6BrFN4/c1-5-11-2-3-14(5)7-6(9)4-12-8(10)13-7/h2-4H,1H3. The third-order valence-electron chi connectivity index (χ3n) is 1.75. The molecule has 0 aliphatic heterocycles. The molecule has 0 amide bonds. The molecule has 0 N–H and O–H groups in total. The molecule has 0 unspecified atom stereocenters. The topological polar surface area (TPSA) is 43.6 Å². The molecule has 0 fully saturated rings. The van der Waals surface area contributed by atoms with Crippen molar-refractivity contribution in [3.63, 3.8) is 0 Å². The van der Waals surface area contributed by atoms with Gasteiger partial charge in [0.05, 0.1) is 4.47 Å². The van der Waals surface area contributed by atoms with Gasteiger partial charge in [0.1, 0.15) is 5.82 Å². The fraction of sp³-hybridized carbons (Fsp3) is 0.125. The van der Waals surface area contributed by atoms with Crippen molar-refractivity contribution in [1.29, 1.82) is 0 Å². The maximum atomic E-state index is 12.8. The molecule has 0 saturated carbocycles. The first-order chi connectivity index (χ1) is 6.68. The first-order valence-electron chi connectivity index (χ1n) is 3.87. The van der Waals surface area contributed by atoms with Crippen molar-refractivity contribution in [2.45, 2.75) is 6.92 Å². The lowest BCUT2D eigenvalue weighted by Crippen LogP contribution is -2.03. The monoisotopic (exact) mass is 256 g/mol. The highest BCUT2D eigenvalue weighted by Gasteiger charge is 2.08. The molecule has 2 aromatic rings. The number of halogens is 2. The number of imidazole rings is 1. The summed E-state index contributed by atoms with van der Waals surface area (Å²) in [4.78, 5) is 11.1. The molecule has 0 aliphatic carbocycles. The fourth-order valence-corrected chi connectivity index (χ4v) is 1.49. The van der Waals surface area contributed by atoms with Gasteiger partial charge in [-0.3, -0.25) is 4.57 Å². The Balaban J connectivity index is 2.62. The second-order valence-electron chi connectivity index (χ2n) is 2.66. The minimum absolute atomic E-state index is 0.451. The molecule has 2 rings (SSSR count). The minimum Gasteiger partial charge on any atom is -0.287 e. The Hall–Kier alpha value is -1.30. The smallest absolute Gasteiger partial charge is 0.287 e. The molecule has 6 heteroatoms. The van der Waals surface area contributed by atoms with Gasteiger partial charge in [0.25, 0.3) is 0 Å². The van der Waals surface area contributed by atoms with E-state index in [2.05, 4.69) is 30.9 Å². The van der Waals surface area contributed by atoms with Crippen LogP contribution in [0.4, 0.5) is 4.39 Å². The highest BCUT2D eigenvalue weighted by molar-refractivity contribution is 9.10. The third-order valence-corrected chi connectivity index (χ3v) is 2.31. The first kappa shape index (κ1) is 9.26. The predicted octanol–water partition coefficient (Wildman–Crippen LogP) is 1.87. The largest absolute Gasteiger partial charge is 0.310 e. The van der Waals surface area contributed by atoms with Crippen LogP contribution in [-0.4, -0.2) is 19.5 Å². The van der Waals surface area contributed by atoms with Gasteiger partial charge < -0.3 is 0 Å². The third kappa shape index (κ3) is 1.52. The average Bonchev–Trinajstić information content (AvgIpc) is 2.56. The van der Waals surface area contributed by atoms with E-state index in [1.54, 1.807) is 17.0 Å². The molecule has 0 aliphatic rings. The van der Waals surface area contributed by atoms with E-state index in [0.29, 0.717) is 10.3 Å². The van der Waals surface area contributed by atoms with Crippen LogP contribution >= 0.6 is 15.9 Å². The van der Waals surface area contributed by atoms with E-state index in [0.717, 1.165) is 5.82 Å². The quantitative estimate of drug-likeness (QED) is 0.732. The summed E-state index contributed by atoms with van der Waals surface area (Å²) >= 11 is 3.25. The second kappa shape index (κ2) is 3.45. The SMILES string of the molecule is Cc1nccn1-c1nc(F)ncc1Br. The molecule has 14 heavy (non-hydrogen) atoms. The molecule has 0 spiro atoms. The molecule has 0 bridgehead atoms. The van der Waals surface area contributed by atoms with E-state index < -0.39 is 6.08 Å². The van der Waals surface area contributed by atoms with Crippen LogP contribution in [0.3, 0.4) is 0 Å². The van der Waals surface area contributed by atoms with E-state index in [1.807, 2.05) is 6.92 Å². The highest BCUT2D eigenvalue weighted by Crippen LogP contribution is 2.18. The van der Waals surface area contributed by atoms with Gasteiger partial charge in [0, 0.05) is 18.6 Å². The molecule has 2 heterocycles. The van der Waals surface area contributed by atoms with Gasteiger partial charge >= 0.3 is 6.08 Å². The van der Waals surface area contributed by atoms with E-state index in [1.165, 1.54) is 6.20 Å². The lowest BCUT2D eigenvalue weighted by molar-refractivity contribution is 0.534. The zero-order valence-electron chi connectivity index (χ0n) is 7.28. The van der Waals surface area contributed by atoms with Crippen LogP contribution in [0.5, 0.6) is 0 Å². The Kier molecular flexibility index (Phi) is 2.28. The molecule has 72 valence electrons. The molecular weight excluding hydrogens is 251 g/mol. The highest BCUT2D eigenvalue weighted by atomic mass is 79.9. The van der Waals surface area contributed by atoms with E-state index >= 15 is 0 Å². The summed E-state index contributed by atoms with van der Waals surface area (Å²) in [7, 11) is 0. The van der Waals surface area contributed by atoms with Crippen LogP contribution in [-0.2, 0) is 0 Å². The summed E-state index contributed by atoms with van der Waals surface area (Å²) < 4.78 is 15.1. The Labute approximate surface area is 88.0 Å². The van der Waals surface area contributed by atoms with Crippen LogP contribution < -0.4 is 0 Å². The second-order valence-corrected chi connectivity index (χ2v) is 3.51. The van der Waals surface area contributed by atoms with Crippen LogP contribution in [0.25, 0.3) is 5.82 Å². The van der Waals surface area contributed by atoms with Crippen LogP contribution in [0.2, 0.25) is 0 Å². The fourth-order valence-electron chi connectivity index (χ4n) is 1.11. The van der Waals surface area contributed by atoms with Gasteiger partial charge in [0.15, 0.2) is 5.82 Å². The molecule has 2 aromatic heterocycles. The molecule has 0 atom stereocenters. The summed E-state index contributed by atoms with van der Waals surface area (Å²) in [6.07, 6.45) is 3.96.